The molecule has 0 aromatic heterocycles. The predicted molar refractivity (Wildman–Crippen MR) is 320 cm³/mol. The zero-order valence-corrected chi connectivity index (χ0v) is 50.3. The molecule has 20 nitrogen and oxygen atoms in total. The molecule has 0 aliphatic carbocycles. The van der Waals surface area contributed by atoms with Gasteiger partial charge in [0.2, 0.25) is 5.91 Å². The van der Waals surface area contributed by atoms with E-state index in [0.29, 0.717) is 0 Å². The Morgan fingerprint density at radius 1 is 0.466 bits per heavy atom. The number of nitrogens with one attached hydrogen (secondary N) is 1. The SMILES string of the molecule is C=CCO[C@@H]1[C@@H](OCC=C)[C@H](C)O[C@@H](O[C@H]2[C@H](OC)O[C@@H](C)[C@H](OCc3ccccc3)[C@H]2O[C@H]2O[C@H](COCc3ccccc3)[C@@H](OCc3ccccc3)[C@H](OCc3ccccc3)[C@H]2OCc2ccccc2)[C@@H]1O[C@@H]1O[C@H](CO)[C@@H](O)[C@H](O)[C@H]1NC(C)=O. The van der Waals surface area contributed by atoms with Gasteiger partial charge >= 0.3 is 0 Å². The van der Waals surface area contributed by atoms with Gasteiger partial charge in [0.25, 0.3) is 0 Å². The van der Waals surface area contributed by atoms with E-state index in [-0.39, 0.29) is 52.9 Å². The first-order valence-electron chi connectivity index (χ1n) is 30.0. The average Bonchev–Trinajstić information content (AvgIpc) is 1.37. The van der Waals surface area contributed by atoms with Crippen molar-refractivity contribution in [2.24, 2.45) is 0 Å². The summed E-state index contributed by atoms with van der Waals surface area (Å²) in [6.45, 7) is 12.9. The third-order valence-corrected chi connectivity index (χ3v) is 15.8. The summed E-state index contributed by atoms with van der Waals surface area (Å²) >= 11 is 0. The van der Waals surface area contributed by atoms with E-state index in [1.165, 1.54) is 14.0 Å². The first-order chi connectivity index (χ1) is 43.0. The van der Waals surface area contributed by atoms with Crippen LogP contribution in [0.25, 0.3) is 0 Å². The van der Waals surface area contributed by atoms with Gasteiger partial charge < -0.3 is 91.7 Å². The molecule has 476 valence electrons. The standard InChI is InChI=1S/C68H85NO19/c1-7-34-76-56-43(3)83-68(63(59(56)77-35-8-2)87-65-53(69-45(5)71)55(73)54(72)51(36-70)84-65)88-64-61(57(44(4)82-66(64)74-6)78-38-47-26-16-10-17-27-47)86-67-62(81-41-50-32-22-13-23-33-50)60(80-40-49-30-20-12-21-31-49)58(79-39-48-28-18-11-19-29-48)52(85-67)42-75-37-46-24-14-9-15-25-46/h7-33,43-44,51-68,70,72-73H,1-2,34-42H2,3-6H3,(H,69,71)/t43-,44-,51+,52+,53+,54+,55+,56-,57-,58+,59+,60-,61+,62+,63+,64+,65-,66+,67+,68-/m0/s1. The van der Waals surface area contributed by atoms with Gasteiger partial charge in [0.1, 0.15) is 85.4 Å². The summed E-state index contributed by atoms with van der Waals surface area (Å²) in [5.41, 5.74) is 4.52. The second kappa shape index (κ2) is 34.0. The third kappa shape index (κ3) is 17.8. The maximum atomic E-state index is 12.8. The summed E-state index contributed by atoms with van der Waals surface area (Å²) in [6.07, 6.45) is -18.9. The summed E-state index contributed by atoms with van der Waals surface area (Å²) in [5, 5.41) is 35.7. The number of hydrogen-bond acceptors (Lipinski definition) is 19. The molecule has 0 bridgehead atoms. The summed E-state index contributed by atoms with van der Waals surface area (Å²) in [4.78, 5) is 12.8. The molecule has 20 atom stereocenters. The Morgan fingerprint density at radius 2 is 0.852 bits per heavy atom. The molecular formula is C68H85NO19. The molecule has 4 heterocycles. The lowest BCUT2D eigenvalue weighted by atomic mass is 9.95. The van der Waals surface area contributed by atoms with E-state index in [1.807, 2.05) is 159 Å². The zero-order chi connectivity index (χ0) is 61.8. The van der Waals surface area contributed by atoms with Crippen LogP contribution in [0, 0.1) is 0 Å². The summed E-state index contributed by atoms with van der Waals surface area (Å²) in [7, 11) is 1.48. The van der Waals surface area contributed by atoms with Gasteiger partial charge in [-0.05, 0) is 41.7 Å². The van der Waals surface area contributed by atoms with Gasteiger partial charge in [-0.15, -0.1) is 13.2 Å². The molecule has 5 aromatic rings. The Balaban J connectivity index is 1.15. The Morgan fingerprint density at radius 3 is 1.34 bits per heavy atom. The number of rotatable bonds is 31. The van der Waals surface area contributed by atoms with Crippen LogP contribution in [0.2, 0.25) is 0 Å². The van der Waals surface area contributed by atoms with Crippen LogP contribution in [0.4, 0.5) is 0 Å². The molecule has 4 aliphatic rings. The van der Waals surface area contributed by atoms with Crippen LogP contribution in [0.15, 0.2) is 177 Å². The second-order valence-corrected chi connectivity index (χ2v) is 22.2. The zero-order valence-electron chi connectivity index (χ0n) is 50.3. The number of hydrogen-bond donors (Lipinski definition) is 4. The lowest BCUT2D eigenvalue weighted by Crippen LogP contribution is -2.69. The summed E-state index contributed by atoms with van der Waals surface area (Å²) in [5.74, 6) is -0.565. The number of aliphatic hydroxyl groups is 3. The highest BCUT2D eigenvalue weighted by Crippen LogP contribution is 2.40. The first-order valence-corrected chi connectivity index (χ1v) is 30.0. The molecule has 9 rings (SSSR count). The van der Waals surface area contributed by atoms with Crippen molar-refractivity contribution in [1.82, 2.24) is 5.32 Å². The van der Waals surface area contributed by atoms with Gasteiger partial charge in [0.05, 0.1) is 71.7 Å². The van der Waals surface area contributed by atoms with Crippen molar-refractivity contribution in [3.8, 4) is 0 Å². The number of carbonyl (C=O) groups excluding carboxylic acids is 1. The summed E-state index contributed by atoms with van der Waals surface area (Å²) < 4.78 is 103. The largest absolute Gasteiger partial charge is 0.394 e. The average molecular weight is 1220 g/mol. The fourth-order valence-electron chi connectivity index (χ4n) is 11.4. The van der Waals surface area contributed by atoms with E-state index < -0.39 is 135 Å². The van der Waals surface area contributed by atoms with E-state index in [1.54, 1.807) is 19.1 Å². The number of aliphatic hydroxyl groups excluding tert-OH is 3. The Hall–Kier alpha value is -5.67. The minimum absolute atomic E-state index is 0.00571. The quantitative estimate of drug-likeness (QED) is 0.0341. The van der Waals surface area contributed by atoms with E-state index in [2.05, 4.69) is 18.5 Å². The molecule has 0 radical (unpaired) electrons. The Kier molecular flexibility index (Phi) is 25.7. The Labute approximate surface area is 515 Å². The summed E-state index contributed by atoms with van der Waals surface area (Å²) in [6, 6.07) is 47.5. The molecule has 5 aromatic carbocycles. The van der Waals surface area contributed by atoms with E-state index in [9.17, 15) is 20.1 Å². The van der Waals surface area contributed by atoms with Crippen LogP contribution in [0.1, 0.15) is 48.6 Å². The lowest BCUT2D eigenvalue weighted by molar-refractivity contribution is -0.405. The van der Waals surface area contributed by atoms with Crippen molar-refractivity contribution in [2.45, 2.75) is 177 Å². The van der Waals surface area contributed by atoms with Crippen LogP contribution in [0.5, 0.6) is 0 Å². The van der Waals surface area contributed by atoms with Crippen molar-refractivity contribution in [1.29, 1.82) is 0 Å². The minimum atomic E-state index is -1.67. The van der Waals surface area contributed by atoms with Crippen LogP contribution < -0.4 is 5.32 Å². The highest BCUT2D eigenvalue weighted by molar-refractivity contribution is 5.73. The molecule has 0 unspecified atom stereocenters. The molecule has 0 saturated carbocycles. The monoisotopic (exact) mass is 1220 g/mol. The van der Waals surface area contributed by atoms with E-state index in [0.717, 1.165) is 27.8 Å². The number of ether oxygens (including phenoxy) is 15. The molecular weight excluding hydrogens is 1130 g/mol. The van der Waals surface area contributed by atoms with Gasteiger partial charge in [-0.1, -0.05) is 164 Å². The van der Waals surface area contributed by atoms with Gasteiger partial charge in [-0.3, -0.25) is 4.79 Å². The van der Waals surface area contributed by atoms with Gasteiger partial charge in [0.15, 0.2) is 25.2 Å². The van der Waals surface area contributed by atoms with Crippen molar-refractivity contribution >= 4 is 5.91 Å². The van der Waals surface area contributed by atoms with E-state index >= 15 is 0 Å². The molecule has 88 heavy (non-hydrogen) atoms. The van der Waals surface area contributed by atoms with Gasteiger partial charge in [0, 0.05) is 14.0 Å². The number of amides is 1. The van der Waals surface area contributed by atoms with E-state index in [4.69, 9.17) is 71.1 Å². The maximum Gasteiger partial charge on any atom is 0.217 e. The normalized spacial score (nSPS) is 32.4. The van der Waals surface area contributed by atoms with Gasteiger partial charge in [-0.25, -0.2) is 0 Å². The number of methoxy groups -OCH3 is 1. The number of carbonyl (C=O) groups is 1. The molecule has 4 aliphatic heterocycles. The molecule has 1 amide bonds. The Bertz CT molecular complexity index is 2810. The fourth-order valence-corrected chi connectivity index (χ4v) is 11.4. The lowest BCUT2D eigenvalue weighted by Gasteiger charge is -2.52. The molecule has 4 N–H and O–H groups in total. The molecule has 4 fully saturated rings. The van der Waals surface area contributed by atoms with Crippen LogP contribution in [-0.2, 0) is 109 Å². The van der Waals surface area contributed by atoms with Crippen molar-refractivity contribution in [3.05, 3.63) is 205 Å². The highest BCUT2D eigenvalue weighted by atomic mass is 16.8. The fraction of sp³-hybridized carbons (Fsp3) is 0.485. The van der Waals surface area contributed by atoms with Gasteiger partial charge in [-0.2, -0.15) is 0 Å². The predicted octanol–water partition coefficient (Wildman–Crippen LogP) is 6.65. The smallest absolute Gasteiger partial charge is 0.217 e. The van der Waals surface area contributed by atoms with Crippen molar-refractivity contribution < 1.29 is 91.2 Å². The second-order valence-electron chi connectivity index (χ2n) is 22.2. The molecule has 20 heteroatoms. The van der Waals surface area contributed by atoms with Crippen LogP contribution >= 0.6 is 0 Å². The third-order valence-electron chi connectivity index (χ3n) is 15.8. The topological polar surface area (TPSA) is 228 Å². The molecule has 4 saturated heterocycles. The highest BCUT2D eigenvalue weighted by Gasteiger charge is 2.58. The number of benzene rings is 5. The first kappa shape index (κ1) is 66.7. The minimum Gasteiger partial charge on any atom is -0.394 e. The van der Waals surface area contributed by atoms with Crippen LogP contribution in [0.3, 0.4) is 0 Å². The maximum absolute atomic E-state index is 12.8. The molecule has 0 spiro atoms. The van der Waals surface area contributed by atoms with Crippen molar-refractivity contribution in [2.75, 3.05) is 33.5 Å². The van der Waals surface area contributed by atoms with Crippen LogP contribution in [-0.4, -0.2) is 178 Å². The van der Waals surface area contributed by atoms with Crippen molar-refractivity contribution in [3.63, 3.8) is 0 Å².